The summed E-state index contributed by atoms with van der Waals surface area (Å²) in [5, 5.41) is 3.25. The second-order valence-corrected chi connectivity index (χ2v) is 5.94. The van der Waals surface area contributed by atoms with Gasteiger partial charge in [0.1, 0.15) is 6.33 Å². The fourth-order valence-electron chi connectivity index (χ4n) is 2.77. The van der Waals surface area contributed by atoms with Crippen molar-refractivity contribution in [2.24, 2.45) is 5.41 Å². The molecule has 0 saturated heterocycles. The lowest BCUT2D eigenvalue weighted by molar-refractivity contribution is 0.229. The van der Waals surface area contributed by atoms with Gasteiger partial charge in [0.05, 0.1) is 5.69 Å². The summed E-state index contributed by atoms with van der Waals surface area (Å²) in [5.74, 6) is 0.0768. The molecular formula is C14H22FN3. The lowest BCUT2D eigenvalue weighted by Gasteiger charge is -2.35. The van der Waals surface area contributed by atoms with E-state index in [9.17, 15) is 4.39 Å². The van der Waals surface area contributed by atoms with Crippen molar-refractivity contribution >= 4 is 5.82 Å². The maximum absolute atomic E-state index is 14.0. The Morgan fingerprint density at radius 1 is 1.44 bits per heavy atom. The minimum Gasteiger partial charge on any atom is -0.365 e. The van der Waals surface area contributed by atoms with Gasteiger partial charge in [-0.25, -0.2) is 14.4 Å². The van der Waals surface area contributed by atoms with Crippen LogP contribution < -0.4 is 5.32 Å². The quantitative estimate of drug-likeness (QED) is 0.892. The number of aryl methyl sites for hydroxylation is 1. The molecule has 100 valence electrons. The Balaban J connectivity index is 2.09. The van der Waals surface area contributed by atoms with Gasteiger partial charge >= 0.3 is 0 Å². The van der Waals surface area contributed by atoms with Gasteiger partial charge in [0, 0.05) is 6.04 Å². The summed E-state index contributed by atoms with van der Waals surface area (Å²) >= 11 is 0. The predicted octanol–water partition coefficient (Wildman–Crippen LogP) is 3.56. The number of halogens is 1. The van der Waals surface area contributed by atoms with E-state index in [1.807, 2.05) is 6.92 Å². The Bertz CT molecular complexity index is 418. The summed E-state index contributed by atoms with van der Waals surface area (Å²) in [6.07, 6.45) is 6.64. The highest BCUT2D eigenvalue weighted by Gasteiger charge is 2.28. The van der Waals surface area contributed by atoms with Crippen molar-refractivity contribution in [1.29, 1.82) is 0 Å². The summed E-state index contributed by atoms with van der Waals surface area (Å²) < 4.78 is 14.0. The van der Waals surface area contributed by atoms with E-state index in [1.54, 1.807) is 0 Å². The van der Waals surface area contributed by atoms with Crippen molar-refractivity contribution in [3.8, 4) is 0 Å². The molecule has 2 rings (SSSR count). The fraction of sp³-hybridized carbons (Fsp3) is 0.714. The normalized spacial score (nSPS) is 22.8. The summed E-state index contributed by atoms with van der Waals surface area (Å²) in [6.45, 7) is 6.45. The van der Waals surface area contributed by atoms with Crippen LogP contribution in [0.3, 0.4) is 0 Å². The Morgan fingerprint density at radius 2 is 2.22 bits per heavy atom. The summed E-state index contributed by atoms with van der Waals surface area (Å²) in [5.41, 5.74) is 0.829. The topological polar surface area (TPSA) is 37.8 Å². The summed E-state index contributed by atoms with van der Waals surface area (Å²) in [6, 6.07) is 0.322. The molecule has 0 amide bonds. The van der Waals surface area contributed by atoms with Gasteiger partial charge in [-0.3, -0.25) is 0 Å². The van der Waals surface area contributed by atoms with Crippen molar-refractivity contribution < 1.29 is 4.39 Å². The molecule has 0 radical (unpaired) electrons. The van der Waals surface area contributed by atoms with Crippen molar-refractivity contribution in [3.05, 3.63) is 17.8 Å². The Morgan fingerprint density at radius 3 is 2.89 bits per heavy atom. The van der Waals surface area contributed by atoms with E-state index in [-0.39, 0.29) is 5.82 Å². The van der Waals surface area contributed by atoms with E-state index in [1.165, 1.54) is 19.2 Å². The maximum atomic E-state index is 14.0. The van der Waals surface area contributed by atoms with Crippen LogP contribution in [0, 0.1) is 11.2 Å². The minimum atomic E-state index is -0.289. The van der Waals surface area contributed by atoms with Crippen LogP contribution in [-0.4, -0.2) is 16.0 Å². The number of nitrogens with zero attached hydrogens (tertiary/aromatic N) is 2. The third-order valence-electron chi connectivity index (χ3n) is 3.74. The van der Waals surface area contributed by atoms with Crippen LogP contribution in [0.25, 0.3) is 0 Å². The van der Waals surface area contributed by atoms with Gasteiger partial charge in [-0.05, 0) is 31.1 Å². The first-order chi connectivity index (χ1) is 8.52. The van der Waals surface area contributed by atoms with Gasteiger partial charge in [0.2, 0.25) is 0 Å². The third-order valence-corrected chi connectivity index (χ3v) is 3.74. The molecule has 1 atom stereocenters. The molecule has 1 unspecified atom stereocenters. The van der Waals surface area contributed by atoms with Crippen molar-refractivity contribution in [3.63, 3.8) is 0 Å². The first-order valence-corrected chi connectivity index (χ1v) is 6.78. The third kappa shape index (κ3) is 2.98. The number of hydrogen-bond donors (Lipinski definition) is 1. The molecule has 3 nitrogen and oxygen atoms in total. The first kappa shape index (κ1) is 13.2. The molecule has 1 aliphatic carbocycles. The number of anilines is 1. The van der Waals surface area contributed by atoms with Crippen molar-refractivity contribution in [2.75, 3.05) is 5.32 Å². The van der Waals surface area contributed by atoms with Crippen LogP contribution in [0.1, 0.15) is 52.1 Å². The second kappa shape index (κ2) is 5.21. The molecule has 1 fully saturated rings. The SMILES string of the molecule is CCc1ncnc(NC2CCCC(C)(C)C2)c1F. The first-order valence-electron chi connectivity index (χ1n) is 6.78. The molecule has 1 heterocycles. The van der Waals surface area contributed by atoms with Gasteiger partial charge in [-0.1, -0.05) is 27.2 Å². The van der Waals surface area contributed by atoms with E-state index in [2.05, 4.69) is 29.1 Å². The number of rotatable bonds is 3. The van der Waals surface area contributed by atoms with Crippen LogP contribution in [0.4, 0.5) is 10.2 Å². The molecule has 0 bridgehead atoms. The van der Waals surface area contributed by atoms with Crippen LogP contribution in [-0.2, 0) is 6.42 Å². The zero-order valence-corrected chi connectivity index (χ0v) is 11.5. The Hall–Kier alpha value is -1.19. The van der Waals surface area contributed by atoms with Crippen LogP contribution in [0.2, 0.25) is 0 Å². The van der Waals surface area contributed by atoms with Gasteiger partial charge < -0.3 is 5.32 Å². The summed E-state index contributed by atoms with van der Waals surface area (Å²) in [4.78, 5) is 7.98. The lowest BCUT2D eigenvalue weighted by Crippen LogP contribution is -2.32. The number of nitrogens with one attached hydrogen (secondary N) is 1. The highest BCUT2D eigenvalue weighted by molar-refractivity contribution is 5.38. The molecule has 1 aromatic rings. The molecule has 0 spiro atoms. The largest absolute Gasteiger partial charge is 0.365 e. The highest BCUT2D eigenvalue weighted by Crippen LogP contribution is 2.36. The molecule has 1 saturated carbocycles. The molecule has 0 aliphatic heterocycles. The second-order valence-electron chi connectivity index (χ2n) is 5.94. The number of hydrogen-bond acceptors (Lipinski definition) is 3. The van der Waals surface area contributed by atoms with Crippen molar-refractivity contribution in [1.82, 2.24) is 9.97 Å². The maximum Gasteiger partial charge on any atom is 0.186 e. The summed E-state index contributed by atoms with van der Waals surface area (Å²) in [7, 11) is 0. The van der Waals surface area contributed by atoms with Crippen LogP contribution in [0.5, 0.6) is 0 Å². The van der Waals surface area contributed by atoms with Crippen LogP contribution >= 0.6 is 0 Å². The van der Waals surface area contributed by atoms with E-state index in [0.717, 1.165) is 12.8 Å². The van der Waals surface area contributed by atoms with Gasteiger partial charge in [-0.2, -0.15) is 0 Å². The predicted molar refractivity (Wildman–Crippen MR) is 71.0 cm³/mol. The monoisotopic (exact) mass is 251 g/mol. The van der Waals surface area contributed by atoms with Gasteiger partial charge in [0.15, 0.2) is 11.6 Å². The Kier molecular flexibility index (Phi) is 3.83. The standard InChI is InChI=1S/C14H22FN3/c1-4-11-12(15)13(17-9-16-11)18-10-6-5-7-14(2,3)8-10/h9-10H,4-8H2,1-3H3,(H,16,17,18). The van der Waals surface area contributed by atoms with Gasteiger partial charge in [0.25, 0.3) is 0 Å². The minimum absolute atomic E-state index is 0.289. The molecule has 18 heavy (non-hydrogen) atoms. The zero-order chi connectivity index (χ0) is 13.2. The number of aromatic nitrogens is 2. The molecule has 1 aliphatic rings. The fourth-order valence-corrected chi connectivity index (χ4v) is 2.77. The molecule has 1 aromatic heterocycles. The molecule has 0 aromatic carbocycles. The lowest BCUT2D eigenvalue weighted by atomic mass is 9.75. The van der Waals surface area contributed by atoms with Crippen LogP contribution in [0.15, 0.2) is 6.33 Å². The average molecular weight is 251 g/mol. The highest BCUT2D eigenvalue weighted by atomic mass is 19.1. The average Bonchev–Trinajstić information content (AvgIpc) is 2.31. The van der Waals surface area contributed by atoms with E-state index in [4.69, 9.17) is 0 Å². The van der Waals surface area contributed by atoms with E-state index < -0.39 is 0 Å². The Labute approximate surface area is 108 Å². The molecular weight excluding hydrogens is 229 g/mol. The zero-order valence-electron chi connectivity index (χ0n) is 11.5. The van der Waals surface area contributed by atoms with E-state index >= 15 is 0 Å². The molecule has 4 heteroatoms. The smallest absolute Gasteiger partial charge is 0.186 e. The van der Waals surface area contributed by atoms with Gasteiger partial charge in [-0.15, -0.1) is 0 Å². The van der Waals surface area contributed by atoms with Crippen molar-refractivity contribution in [2.45, 2.75) is 58.9 Å². The van der Waals surface area contributed by atoms with E-state index in [0.29, 0.717) is 29.4 Å². The molecule has 1 N–H and O–H groups in total.